The maximum atomic E-state index is 12.3. The fourth-order valence-corrected chi connectivity index (χ4v) is 3.59. The molecule has 1 aromatic rings. The molecule has 0 N–H and O–H groups in total. The van der Waals surface area contributed by atoms with E-state index in [9.17, 15) is 4.79 Å². The number of rotatable bonds is 2. The number of carbonyl (C=O) groups excluding carboxylic acids is 1. The van der Waals surface area contributed by atoms with Gasteiger partial charge in [-0.05, 0) is 54.5 Å². The Balaban J connectivity index is 2.04. The highest BCUT2D eigenvalue weighted by Gasteiger charge is 2.25. The van der Waals surface area contributed by atoms with Gasteiger partial charge in [0.05, 0.1) is 8.66 Å². The van der Waals surface area contributed by atoms with Crippen LogP contribution in [0.4, 0.5) is 0 Å². The first-order valence-electron chi connectivity index (χ1n) is 5.79. The molecule has 1 saturated heterocycles. The highest BCUT2D eigenvalue weighted by atomic mass is 79.9. The summed E-state index contributed by atoms with van der Waals surface area (Å²) in [5, 5.41) is 0. The molecule has 0 radical (unpaired) electrons. The Labute approximate surface area is 115 Å². The summed E-state index contributed by atoms with van der Waals surface area (Å²) >= 11 is 4.90. The second-order valence-electron chi connectivity index (χ2n) is 4.58. The van der Waals surface area contributed by atoms with E-state index >= 15 is 0 Å². The first-order valence-corrected chi connectivity index (χ1v) is 7.40. The van der Waals surface area contributed by atoms with Crippen molar-refractivity contribution in [1.82, 2.24) is 9.80 Å². The molecule has 0 spiro atoms. The molecule has 1 aliphatic heterocycles. The summed E-state index contributed by atoms with van der Waals surface area (Å²) in [5.41, 5.74) is 0. The van der Waals surface area contributed by atoms with Crippen molar-refractivity contribution in [1.29, 1.82) is 0 Å². The lowest BCUT2D eigenvalue weighted by molar-refractivity contribution is 0.0649. The van der Waals surface area contributed by atoms with Gasteiger partial charge in [-0.15, -0.1) is 11.3 Å². The van der Waals surface area contributed by atoms with Gasteiger partial charge in [-0.1, -0.05) is 0 Å². The number of hydrogen-bond donors (Lipinski definition) is 0. The van der Waals surface area contributed by atoms with Gasteiger partial charge in [-0.2, -0.15) is 0 Å². The van der Waals surface area contributed by atoms with Crippen LogP contribution in [-0.2, 0) is 0 Å². The van der Waals surface area contributed by atoms with Crippen LogP contribution in [0, 0.1) is 0 Å². The SMILES string of the molecule is CN1CCCC(N(C)C(=O)c2ccc(Br)s2)C1. The van der Waals surface area contributed by atoms with Gasteiger partial charge in [0.1, 0.15) is 0 Å². The van der Waals surface area contributed by atoms with Crippen LogP contribution < -0.4 is 0 Å². The number of halogens is 1. The van der Waals surface area contributed by atoms with Crippen LogP contribution in [0.25, 0.3) is 0 Å². The molecule has 1 aromatic heterocycles. The van der Waals surface area contributed by atoms with Crippen LogP contribution in [0.2, 0.25) is 0 Å². The van der Waals surface area contributed by atoms with Gasteiger partial charge in [0.15, 0.2) is 0 Å². The molecule has 0 aromatic carbocycles. The van der Waals surface area contributed by atoms with Crippen molar-refractivity contribution < 1.29 is 4.79 Å². The summed E-state index contributed by atoms with van der Waals surface area (Å²) in [6.45, 7) is 2.12. The minimum Gasteiger partial charge on any atom is -0.337 e. The highest BCUT2D eigenvalue weighted by Crippen LogP contribution is 2.24. The van der Waals surface area contributed by atoms with E-state index in [0.717, 1.165) is 28.2 Å². The normalized spacial score (nSPS) is 21.5. The lowest BCUT2D eigenvalue weighted by Crippen LogP contribution is -2.47. The zero-order valence-electron chi connectivity index (χ0n) is 10.1. The second kappa shape index (κ2) is 5.50. The lowest BCUT2D eigenvalue weighted by Gasteiger charge is -2.35. The molecule has 1 fully saturated rings. The maximum Gasteiger partial charge on any atom is 0.263 e. The van der Waals surface area contributed by atoms with E-state index in [1.54, 1.807) is 0 Å². The number of thiophene rings is 1. The predicted molar refractivity (Wildman–Crippen MR) is 74.6 cm³/mol. The topological polar surface area (TPSA) is 23.6 Å². The van der Waals surface area contributed by atoms with Crippen LogP contribution in [0.1, 0.15) is 22.5 Å². The number of hydrogen-bond acceptors (Lipinski definition) is 3. The van der Waals surface area contributed by atoms with Gasteiger partial charge >= 0.3 is 0 Å². The van der Waals surface area contributed by atoms with Gasteiger partial charge in [-0.25, -0.2) is 0 Å². The van der Waals surface area contributed by atoms with Crippen molar-refractivity contribution in [3.63, 3.8) is 0 Å². The highest BCUT2D eigenvalue weighted by molar-refractivity contribution is 9.11. The number of nitrogens with zero attached hydrogens (tertiary/aromatic N) is 2. The Kier molecular flexibility index (Phi) is 4.22. The van der Waals surface area contributed by atoms with Gasteiger partial charge in [0.25, 0.3) is 5.91 Å². The van der Waals surface area contributed by atoms with Crippen LogP contribution in [-0.4, -0.2) is 48.9 Å². The van der Waals surface area contributed by atoms with Gasteiger partial charge in [0.2, 0.25) is 0 Å². The molecule has 1 unspecified atom stereocenters. The maximum absolute atomic E-state index is 12.3. The molecule has 0 saturated carbocycles. The van der Waals surface area contributed by atoms with Crippen LogP contribution >= 0.6 is 27.3 Å². The largest absolute Gasteiger partial charge is 0.337 e. The molecule has 3 nitrogen and oxygen atoms in total. The molecule has 17 heavy (non-hydrogen) atoms. The fourth-order valence-electron chi connectivity index (χ4n) is 2.22. The molecule has 2 rings (SSSR count). The summed E-state index contributed by atoms with van der Waals surface area (Å²) in [7, 11) is 4.03. The monoisotopic (exact) mass is 316 g/mol. The summed E-state index contributed by atoms with van der Waals surface area (Å²) in [6, 6.07) is 4.17. The van der Waals surface area contributed by atoms with E-state index in [0.29, 0.717) is 6.04 Å². The zero-order chi connectivity index (χ0) is 12.4. The number of amides is 1. The van der Waals surface area contributed by atoms with E-state index in [1.807, 2.05) is 24.1 Å². The third-order valence-electron chi connectivity index (χ3n) is 3.25. The average molecular weight is 317 g/mol. The first-order chi connectivity index (χ1) is 8.08. The van der Waals surface area contributed by atoms with Crippen molar-refractivity contribution in [2.24, 2.45) is 0 Å². The average Bonchev–Trinajstić information content (AvgIpc) is 2.74. The van der Waals surface area contributed by atoms with E-state index < -0.39 is 0 Å². The Morgan fingerprint density at radius 2 is 2.35 bits per heavy atom. The molecule has 2 heterocycles. The Morgan fingerprint density at radius 1 is 1.59 bits per heavy atom. The molecular formula is C12H17BrN2OS. The van der Waals surface area contributed by atoms with E-state index in [1.165, 1.54) is 17.8 Å². The second-order valence-corrected chi connectivity index (χ2v) is 7.04. The van der Waals surface area contributed by atoms with Crippen LogP contribution in [0.15, 0.2) is 15.9 Å². The number of piperidine rings is 1. The van der Waals surface area contributed by atoms with Crippen molar-refractivity contribution in [2.45, 2.75) is 18.9 Å². The third-order valence-corrected chi connectivity index (χ3v) is 4.86. The minimum absolute atomic E-state index is 0.140. The molecule has 0 bridgehead atoms. The molecule has 1 amide bonds. The lowest BCUT2D eigenvalue weighted by atomic mass is 10.1. The van der Waals surface area contributed by atoms with Gasteiger partial charge < -0.3 is 9.80 Å². The van der Waals surface area contributed by atoms with Gasteiger partial charge in [0, 0.05) is 19.6 Å². The Hall–Kier alpha value is -0.390. The standard InChI is InChI=1S/C12H17BrN2OS/c1-14-7-3-4-9(8-14)15(2)12(16)10-5-6-11(13)17-10/h5-6,9H,3-4,7-8H2,1-2H3. The molecular weight excluding hydrogens is 300 g/mol. The number of likely N-dealkylation sites (N-methyl/N-ethyl adjacent to an activating group) is 2. The van der Waals surface area contributed by atoms with Crippen LogP contribution in [0.5, 0.6) is 0 Å². The molecule has 5 heteroatoms. The minimum atomic E-state index is 0.140. The summed E-state index contributed by atoms with van der Waals surface area (Å²) in [5.74, 6) is 0.140. The number of carbonyl (C=O) groups is 1. The molecule has 1 aliphatic rings. The quantitative estimate of drug-likeness (QED) is 0.837. The van der Waals surface area contributed by atoms with E-state index in [-0.39, 0.29) is 5.91 Å². The third kappa shape index (κ3) is 3.09. The van der Waals surface area contributed by atoms with Gasteiger partial charge in [-0.3, -0.25) is 4.79 Å². The summed E-state index contributed by atoms with van der Waals surface area (Å²) < 4.78 is 1.01. The van der Waals surface area contributed by atoms with Crippen molar-refractivity contribution >= 4 is 33.2 Å². The molecule has 0 aliphatic carbocycles. The van der Waals surface area contributed by atoms with Crippen molar-refractivity contribution in [2.75, 3.05) is 27.2 Å². The molecule has 94 valence electrons. The fraction of sp³-hybridized carbons (Fsp3) is 0.583. The zero-order valence-corrected chi connectivity index (χ0v) is 12.6. The van der Waals surface area contributed by atoms with Crippen molar-refractivity contribution in [3.05, 3.63) is 20.8 Å². The van der Waals surface area contributed by atoms with Crippen molar-refractivity contribution in [3.8, 4) is 0 Å². The first kappa shape index (κ1) is 13.1. The van der Waals surface area contributed by atoms with E-state index in [4.69, 9.17) is 0 Å². The van der Waals surface area contributed by atoms with Crippen LogP contribution in [0.3, 0.4) is 0 Å². The summed E-state index contributed by atoms with van der Waals surface area (Å²) in [6.07, 6.45) is 2.28. The smallest absolute Gasteiger partial charge is 0.263 e. The Bertz CT molecular complexity index is 407. The summed E-state index contributed by atoms with van der Waals surface area (Å²) in [4.78, 5) is 17.3. The predicted octanol–water partition coefficient (Wildman–Crippen LogP) is 2.68. The number of likely N-dealkylation sites (tertiary alicyclic amines) is 1. The van der Waals surface area contributed by atoms with E-state index in [2.05, 4.69) is 27.9 Å². The molecule has 1 atom stereocenters. The Morgan fingerprint density at radius 3 is 2.94 bits per heavy atom.